The van der Waals surface area contributed by atoms with Crippen LogP contribution < -0.4 is 5.32 Å². The lowest BCUT2D eigenvalue weighted by Crippen LogP contribution is -2.19. The summed E-state index contributed by atoms with van der Waals surface area (Å²) in [5, 5.41) is 6.84. The molecular formula is C18H18FNS. The first-order valence-corrected chi connectivity index (χ1v) is 8.01. The smallest absolute Gasteiger partial charge is 0.123 e. The Kier molecular flexibility index (Phi) is 4.32. The molecule has 0 radical (unpaired) electrons. The van der Waals surface area contributed by atoms with Crippen LogP contribution in [-0.2, 0) is 6.42 Å². The van der Waals surface area contributed by atoms with Crippen molar-refractivity contribution in [2.75, 3.05) is 13.6 Å². The van der Waals surface area contributed by atoms with Crippen LogP contribution in [0.2, 0.25) is 0 Å². The first kappa shape index (κ1) is 14.2. The molecule has 0 fully saturated rings. The fourth-order valence-electron chi connectivity index (χ4n) is 2.75. The Bertz CT molecular complexity index is 717. The van der Waals surface area contributed by atoms with Crippen molar-refractivity contribution in [3.63, 3.8) is 0 Å². The SMILES string of the molecule is CNCC(Cc1csc2ccccc12)c1ccc(F)cc1. The summed E-state index contributed by atoms with van der Waals surface area (Å²) in [6.45, 7) is 0.885. The monoisotopic (exact) mass is 299 g/mol. The van der Waals surface area contributed by atoms with Gasteiger partial charge in [-0.3, -0.25) is 0 Å². The lowest BCUT2D eigenvalue weighted by molar-refractivity contribution is 0.612. The molecule has 0 saturated heterocycles. The molecule has 1 aromatic heterocycles. The zero-order valence-electron chi connectivity index (χ0n) is 12.0. The van der Waals surface area contributed by atoms with Crippen molar-refractivity contribution in [1.29, 1.82) is 0 Å². The van der Waals surface area contributed by atoms with Crippen LogP contribution in [0.4, 0.5) is 4.39 Å². The minimum Gasteiger partial charge on any atom is -0.319 e. The van der Waals surface area contributed by atoms with Gasteiger partial charge in [0.25, 0.3) is 0 Å². The summed E-state index contributed by atoms with van der Waals surface area (Å²) in [6, 6.07) is 15.4. The summed E-state index contributed by atoms with van der Waals surface area (Å²) in [7, 11) is 1.96. The molecule has 0 bridgehead atoms. The Hall–Kier alpha value is -1.71. The van der Waals surface area contributed by atoms with Gasteiger partial charge in [0, 0.05) is 17.2 Å². The van der Waals surface area contributed by atoms with Crippen LogP contribution in [-0.4, -0.2) is 13.6 Å². The van der Waals surface area contributed by atoms with E-state index in [4.69, 9.17) is 0 Å². The highest BCUT2D eigenvalue weighted by Crippen LogP contribution is 2.30. The maximum atomic E-state index is 13.1. The van der Waals surface area contributed by atoms with Crippen molar-refractivity contribution < 1.29 is 4.39 Å². The molecule has 0 aliphatic carbocycles. The van der Waals surface area contributed by atoms with Crippen molar-refractivity contribution in [3.8, 4) is 0 Å². The molecule has 3 aromatic rings. The number of halogens is 1. The van der Waals surface area contributed by atoms with Crippen molar-refractivity contribution in [3.05, 3.63) is 70.9 Å². The van der Waals surface area contributed by atoms with Gasteiger partial charge in [0.05, 0.1) is 0 Å². The van der Waals surface area contributed by atoms with Gasteiger partial charge in [-0.15, -0.1) is 11.3 Å². The minimum atomic E-state index is -0.178. The van der Waals surface area contributed by atoms with Gasteiger partial charge in [0.1, 0.15) is 5.82 Å². The topological polar surface area (TPSA) is 12.0 Å². The largest absolute Gasteiger partial charge is 0.319 e. The van der Waals surface area contributed by atoms with E-state index in [2.05, 4.69) is 35.0 Å². The molecule has 3 rings (SSSR count). The van der Waals surface area contributed by atoms with Crippen LogP contribution in [0.15, 0.2) is 53.9 Å². The number of thiophene rings is 1. The first-order valence-electron chi connectivity index (χ1n) is 7.13. The zero-order valence-corrected chi connectivity index (χ0v) is 12.8. The number of benzene rings is 2. The molecule has 0 spiro atoms. The second-order valence-corrected chi connectivity index (χ2v) is 6.18. The number of fused-ring (bicyclic) bond motifs is 1. The van der Waals surface area contributed by atoms with Gasteiger partial charge in [-0.25, -0.2) is 4.39 Å². The zero-order chi connectivity index (χ0) is 14.7. The fourth-order valence-corrected chi connectivity index (χ4v) is 3.72. The van der Waals surface area contributed by atoms with E-state index < -0.39 is 0 Å². The quantitative estimate of drug-likeness (QED) is 0.727. The first-order chi connectivity index (χ1) is 10.3. The average molecular weight is 299 g/mol. The molecule has 1 atom stereocenters. The van der Waals surface area contributed by atoms with Gasteiger partial charge in [0.15, 0.2) is 0 Å². The van der Waals surface area contributed by atoms with E-state index >= 15 is 0 Å². The van der Waals surface area contributed by atoms with Crippen LogP contribution >= 0.6 is 11.3 Å². The molecule has 0 saturated carbocycles. The number of hydrogen-bond donors (Lipinski definition) is 1. The predicted octanol–water partition coefficient (Wildman–Crippen LogP) is 4.59. The van der Waals surface area contributed by atoms with Crippen LogP contribution in [0.5, 0.6) is 0 Å². The molecule has 2 aromatic carbocycles. The van der Waals surface area contributed by atoms with Crippen LogP contribution in [0.1, 0.15) is 17.0 Å². The molecular weight excluding hydrogens is 281 g/mol. The number of hydrogen-bond acceptors (Lipinski definition) is 2. The average Bonchev–Trinajstić information content (AvgIpc) is 2.91. The highest BCUT2D eigenvalue weighted by molar-refractivity contribution is 7.17. The number of likely N-dealkylation sites (N-methyl/N-ethyl adjacent to an activating group) is 1. The lowest BCUT2D eigenvalue weighted by atomic mass is 9.91. The molecule has 1 N–H and O–H groups in total. The molecule has 3 heteroatoms. The van der Waals surface area contributed by atoms with Crippen molar-refractivity contribution in [1.82, 2.24) is 5.32 Å². The minimum absolute atomic E-state index is 0.178. The third-order valence-corrected chi connectivity index (χ3v) is 4.83. The molecule has 21 heavy (non-hydrogen) atoms. The highest BCUT2D eigenvalue weighted by atomic mass is 32.1. The molecule has 0 aliphatic heterocycles. The van der Waals surface area contributed by atoms with Crippen molar-refractivity contribution >= 4 is 21.4 Å². The van der Waals surface area contributed by atoms with Crippen molar-refractivity contribution in [2.24, 2.45) is 0 Å². The van der Waals surface area contributed by atoms with Gasteiger partial charge in [-0.1, -0.05) is 30.3 Å². The highest BCUT2D eigenvalue weighted by Gasteiger charge is 2.14. The summed E-state index contributed by atoms with van der Waals surface area (Å²) >= 11 is 1.79. The third kappa shape index (κ3) is 3.14. The van der Waals surface area contributed by atoms with Gasteiger partial charge in [-0.2, -0.15) is 0 Å². The van der Waals surface area contributed by atoms with E-state index in [0.717, 1.165) is 13.0 Å². The van der Waals surface area contributed by atoms with Crippen LogP contribution in [0.25, 0.3) is 10.1 Å². The molecule has 0 amide bonds. The molecule has 0 aliphatic rings. The van der Waals surface area contributed by atoms with E-state index in [1.54, 1.807) is 23.5 Å². The summed E-state index contributed by atoms with van der Waals surface area (Å²) in [4.78, 5) is 0. The van der Waals surface area contributed by atoms with E-state index in [1.807, 2.05) is 19.2 Å². The van der Waals surface area contributed by atoms with E-state index in [1.165, 1.54) is 21.2 Å². The third-order valence-electron chi connectivity index (χ3n) is 3.82. The van der Waals surface area contributed by atoms with E-state index in [0.29, 0.717) is 5.92 Å². The molecule has 108 valence electrons. The molecule has 1 nitrogen and oxygen atoms in total. The van der Waals surface area contributed by atoms with Gasteiger partial charge in [0.2, 0.25) is 0 Å². The lowest BCUT2D eigenvalue weighted by Gasteiger charge is -2.17. The van der Waals surface area contributed by atoms with E-state index in [9.17, 15) is 4.39 Å². The number of rotatable bonds is 5. The van der Waals surface area contributed by atoms with Crippen molar-refractivity contribution in [2.45, 2.75) is 12.3 Å². The Morgan fingerprint density at radius 2 is 1.86 bits per heavy atom. The standard InChI is InChI=1S/C18H18FNS/c1-20-11-14(13-6-8-16(19)9-7-13)10-15-12-21-18-5-3-2-4-17(15)18/h2-9,12,14,20H,10-11H2,1H3. The van der Waals surface area contributed by atoms with E-state index in [-0.39, 0.29) is 5.82 Å². The van der Waals surface area contributed by atoms with Gasteiger partial charge < -0.3 is 5.32 Å². The van der Waals surface area contributed by atoms with Crippen LogP contribution in [0.3, 0.4) is 0 Å². The molecule has 1 heterocycles. The van der Waals surface area contributed by atoms with Gasteiger partial charge in [-0.05, 0) is 53.6 Å². The second kappa shape index (κ2) is 6.37. The maximum absolute atomic E-state index is 13.1. The van der Waals surface area contributed by atoms with Gasteiger partial charge >= 0.3 is 0 Å². The summed E-state index contributed by atoms with van der Waals surface area (Å²) in [6.07, 6.45) is 0.969. The summed E-state index contributed by atoms with van der Waals surface area (Å²) in [5.41, 5.74) is 2.56. The molecule has 1 unspecified atom stereocenters. The Morgan fingerprint density at radius 3 is 2.62 bits per heavy atom. The normalized spacial score (nSPS) is 12.7. The Labute approximate surface area is 128 Å². The summed E-state index contributed by atoms with van der Waals surface area (Å²) < 4.78 is 14.4. The predicted molar refractivity (Wildman–Crippen MR) is 88.6 cm³/mol. The maximum Gasteiger partial charge on any atom is 0.123 e. The Balaban J connectivity index is 1.89. The Morgan fingerprint density at radius 1 is 1.10 bits per heavy atom. The number of nitrogens with one attached hydrogen (secondary N) is 1. The second-order valence-electron chi connectivity index (χ2n) is 5.27. The summed E-state index contributed by atoms with van der Waals surface area (Å²) in [5.74, 6) is 0.177. The fraction of sp³-hybridized carbons (Fsp3) is 0.222. The van der Waals surface area contributed by atoms with Crippen LogP contribution in [0, 0.1) is 5.82 Å².